The predicted molar refractivity (Wildman–Crippen MR) is 112 cm³/mol. The largest absolute Gasteiger partial charge is 0.207 e. The number of rotatable bonds is 2. The molecule has 5 aromatic carbocycles. The lowest BCUT2D eigenvalue weighted by Gasteiger charge is -2.20. The van der Waals surface area contributed by atoms with Crippen LogP contribution in [0.2, 0.25) is 0 Å². The molecular formula is C26H7F11. The molecule has 0 N–H and O–H groups in total. The highest BCUT2D eigenvalue weighted by atomic mass is 19.2. The third kappa shape index (κ3) is 3.44. The average Bonchev–Trinajstić information content (AvgIpc) is 2.85. The lowest BCUT2D eigenvalue weighted by molar-refractivity contribution is 0.418. The van der Waals surface area contributed by atoms with E-state index in [4.69, 9.17) is 0 Å². The van der Waals surface area contributed by atoms with Crippen molar-refractivity contribution in [3.63, 3.8) is 0 Å². The normalized spacial score (nSPS) is 11.6. The maximum atomic E-state index is 15.3. The molecule has 0 unspecified atom stereocenters. The van der Waals surface area contributed by atoms with Crippen molar-refractivity contribution in [2.24, 2.45) is 0 Å². The van der Waals surface area contributed by atoms with Gasteiger partial charge in [0, 0.05) is 45.0 Å². The molecule has 5 rings (SSSR count). The van der Waals surface area contributed by atoms with Crippen molar-refractivity contribution in [1.82, 2.24) is 0 Å². The van der Waals surface area contributed by atoms with Crippen molar-refractivity contribution >= 4 is 21.5 Å². The van der Waals surface area contributed by atoms with Gasteiger partial charge in [-0.25, -0.2) is 48.3 Å². The van der Waals surface area contributed by atoms with Gasteiger partial charge in [0.25, 0.3) is 0 Å². The zero-order valence-corrected chi connectivity index (χ0v) is 17.7. The van der Waals surface area contributed by atoms with Gasteiger partial charge in [0.1, 0.15) is 17.5 Å². The number of benzene rings is 5. The van der Waals surface area contributed by atoms with E-state index in [-0.39, 0.29) is 6.07 Å². The van der Waals surface area contributed by atoms with Crippen LogP contribution in [-0.2, 0) is 0 Å². The first kappa shape index (κ1) is 24.5. The summed E-state index contributed by atoms with van der Waals surface area (Å²) in [7, 11) is 0. The Balaban J connectivity index is 2.21. The molecule has 0 radical (unpaired) electrons. The molecule has 0 heterocycles. The van der Waals surface area contributed by atoms with Crippen molar-refractivity contribution in [1.29, 1.82) is 0 Å². The molecule has 0 aliphatic rings. The van der Waals surface area contributed by atoms with Crippen LogP contribution in [0, 0.1) is 64.0 Å². The molecular weight excluding hydrogens is 521 g/mol. The average molecular weight is 528 g/mol. The molecule has 37 heavy (non-hydrogen) atoms. The standard InChI is InChI=1S/C26H7F11/c27-8-4-5-9(12(29)6-8)15-10-2-1-3-11(28)16(10)17(20-21(32)13(30)7-14(31)22(20)33)19-18(15)23(34)25(36)26(37)24(19)35/h1-7H. The Morgan fingerprint density at radius 2 is 0.946 bits per heavy atom. The van der Waals surface area contributed by atoms with E-state index >= 15 is 13.2 Å². The van der Waals surface area contributed by atoms with Gasteiger partial charge in [-0.1, -0.05) is 12.1 Å². The van der Waals surface area contributed by atoms with Crippen molar-refractivity contribution in [2.45, 2.75) is 0 Å². The maximum Gasteiger partial charge on any atom is 0.198 e. The monoisotopic (exact) mass is 528 g/mol. The van der Waals surface area contributed by atoms with Crippen molar-refractivity contribution in [3.05, 3.63) is 106 Å². The fourth-order valence-electron chi connectivity index (χ4n) is 4.36. The first-order chi connectivity index (χ1) is 17.5. The number of hydrogen-bond donors (Lipinski definition) is 0. The molecule has 0 nitrogen and oxygen atoms in total. The summed E-state index contributed by atoms with van der Waals surface area (Å²) in [6.45, 7) is 0. The fraction of sp³-hybridized carbons (Fsp3) is 0. The summed E-state index contributed by atoms with van der Waals surface area (Å²) in [6, 6.07) is 3.98. The van der Waals surface area contributed by atoms with Gasteiger partial charge in [-0.2, -0.15) is 0 Å². The third-order valence-electron chi connectivity index (χ3n) is 5.86. The topological polar surface area (TPSA) is 0 Å². The van der Waals surface area contributed by atoms with Crippen molar-refractivity contribution in [2.75, 3.05) is 0 Å². The Labute approximate surface area is 199 Å². The molecule has 0 aromatic heterocycles. The zero-order valence-electron chi connectivity index (χ0n) is 17.7. The second-order valence-electron chi connectivity index (χ2n) is 7.89. The fourth-order valence-corrected chi connectivity index (χ4v) is 4.36. The molecule has 0 fully saturated rings. The summed E-state index contributed by atoms with van der Waals surface area (Å²) in [6.07, 6.45) is 0. The highest BCUT2D eigenvalue weighted by Crippen LogP contribution is 2.49. The predicted octanol–water partition coefficient (Wildman–Crippen LogP) is 8.86. The zero-order chi connectivity index (χ0) is 26.9. The summed E-state index contributed by atoms with van der Waals surface area (Å²) in [5.41, 5.74) is -4.77. The van der Waals surface area contributed by atoms with E-state index in [1.165, 1.54) is 0 Å². The molecule has 0 amide bonds. The Bertz CT molecular complexity index is 1760. The van der Waals surface area contributed by atoms with Crippen LogP contribution in [-0.4, -0.2) is 0 Å². The van der Waals surface area contributed by atoms with E-state index in [1.807, 2.05) is 0 Å². The van der Waals surface area contributed by atoms with Crippen molar-refractivity contribution < 1.29 is 48.3 Å². The Morgan fingerprint density at radius 1 is 0.378 bits per heavy atom. The Kier molecular flexibility index (Phi) is 5.61. The molecule has 11 heteroatoms. The van der Waals surface area contributed by atoms with Crippen LogP contribution in [0.4, 0.5) is 48.3 Å². The van der Waals surface area contributed by atoms with E-state index in [9.17, 15) is 35.1 Å². The highest BCUT2D eigenvalue weighted by Gasteiger charge is 2.33. The molecule has 0 bridgehead atoms. The lowest BCUT2D eigenvalue weighted by atomic mass is 9.84. The van der Waals surface area contributed by atoms with Gasteiger partial charge < -0.3 is 0 Å². The SMILES string of the molecule is Fc1ccc(-c2c3cccc(F)c3c(-c3c(F)c(F)cc(F)c3F)c3c(F)c(F)c(F)c(F)c23)c(F)c1. The summed E-state index contributed by atoms with van der Waals surface area (Å²) >= 11 is 0. The smallest absolute Gasteiger partial charge is 0.198 e. The van der Waals surface area contributed by atoms with Crippen molar-refractivity contribution in [3.8, 4) is 22.3 Å². The van der Waals surface area contributed by atoms with E-state index in [1.54, 1.807) is 0 Å². The van der Waals surface area contributed by atoms with E-state index in [2.05, 4.69) is 0 Å². The highest BCUT2D eigenvalue weighted by molar-refractivity contribution is 6.22. The Hall–Kier alpha value is -4.15. The summed E-state index contributed by atoms with van der Waals surface area (Å²) in [5, 5.41) is -4.59. The van der Waals surface area contributed by atoms with Crippen LogP contribution >= 0.6 is 0 Å². The second-order valence-corrected chi connectivity index (χ2v) is 7.89. The number of halogens is 11. The van der Waals surface area contributed by atoms with Gasteiger partial charge in [-0.15, -0.1) is 0 Å². The molecule has 0 saturated carbocycles. The van der Waals surface area contributed by atoms with Crippen LogP contribution in [0.5, 0.6) is 0 Å². The van der Waals surface area contributed by atoms with Gasteiger partial charge in [0.05, 0.1) is 5.56 Å². The summed E-state index contributed by atoms with van der Waals surface area (Å²) in [4.78, 5) is 0. The van der Waals surface area contributed by atoms with Gasteiger partial charge in [0.15, 0.2) is 46.5 Å². The van der Waals surface area contributed by atoms with Crippen LogP contribution in [0.15, 0.2) is 42.5 Å². The van der Waals surface area contributed by atoms with Crippen LogP contribution in [0.25, 0.3) is 43.8 Å². The first-order valence-corrected chi connectivity index (χ1v) is 10.1. The van der Waals surface area contributed by atoms with Gasteiger partial charge in [0.2, 0.25) is 0 Å². The quantitative estimate of drug-likeness (QED) is 0.0930. The van der Waals surface area contributed by atoms with Gasteiger partial charge in [-0.3, -0.25) is 0 Å². The summed E-state index contributed by atoms with van der Waals surface area (Å²) in [5.74, 6) is -21.9. The minimum absolute atomic E-state index is 0.214. The number of hydrogen-bond acceptors (Lipinski definition) is 0. The van der Waals surface area contributed by atoms with E-state index in [0.717, 1.165) is 12.1 Å². The number of fused-ring (bicyclic) bond motifs is 2. The minimum Gasteiger partial charge on any atom is -0.207 e. The maximum absolute atomic E-state index is 15.3. The molecule has 188 valence electrons. The van der Waals surface area contributed by atoms with Gasteiger partial charge >= 0.3 is 0 Å². The molecule has 0 saturated heterocycles. The van der Waals surface area contributed by atoms with E-state index < -0.39 is 108 Å². The molecule has 0 aliphatic heterocycles. The second kappa shape index (κ2) is 8.46. The Morgan fingerprint density at radius 3 is 1.51 bits per heavy atom. The van der Waals surface area contributed by atoms with Gasteiger partial charge in [-0.05, 0) is 23.6 Å². The first-order valence-electron chi connectivity index (χ1n) is 10.1. The minimum atomic E-state index is -2.51. The van der Waals surface area contributed by atoms with Crippen LogP contribution in [0.1, 0.15) is 0 Å². The summed E-state index contributed by atoms with van der Waals surface area (Å²) < 4.78 is 161. The molecule has 0 aliphatic carbocycles. The molecule has 0 spiro atoms. The van der Waals surface area contributed by atoms with E-state index in [0.29, 0.717) is 24.3 Å². The molecule has 0 atom stereocenters. The molecule has 5 aromatic rings. The van der Waals surface area contributed by atoms with Crippen LogP contribution < -0.4 is 0 Å². The third-order valence-corrected chi connectivity index (χ3v) is 5.86. The van der Waals surface area contributed by atoms with Crippen LogP contribution in [0.3, 0.4) is 0 Å². The lowest BCUT2D eigenvalue weighted by Crippen LogP contribution is -2.06.